The maximum absolute atomic E-state index is 12.1. The Kier molecular flexibility index (Phi) is 5.37. The zero-order chi connectivity index (χ0) is 15.9. The molecule has 0 heterocycles. The molecule has 2 aromatic rings. The van der Waals surface area contributed by atoms with Crippen LogP contribution in [0.3, 0.4) is 0 Å². The first kappa shape index (κ1) is 15.8. The highest BCUT2D eigenvalue weighted by atomic mass is 16.5. The van der Waals surface area contributed by atoms with Gasteiger partial charge < -0.3 is 9.64 Å². The first-order valence-electron chi connectivity index (χ1n) is 7.21. The molecule has 3 nitrogen and oxygen atoms in total. The number of hydrogen-bond donors (Lipinski definition) is 0. The summed E-state index contributed by atoms with van der Waals surface area (Å²) in [5.41, 5.74) is 3.30. The Bertz CT molecular complexity index is 642. The highest BCUT2D eigenvalue weighted by Gasteiger charge is 2.05. The molecule has 2 aromatic carbocycles. The van der Waals surface area contributed by atoms with Gasteiger partial charge in [-0.15, -0.1) is 0 Å². The zero-order valence-electron chi connectivity index (χ0n) is 13.2. The van der Waals surface area contributed by atoms with Crippen LogP contribution in [-0.4, -0.2) is 25.0 Å². The monoisotopic (exact) mass is 295 g/mol. The predicted molar refractivity (Wildman–Crippen MR) is 89.7 cm³/mol. The quantitative estimate of drug-likeness (QED) is 0.788. The average molecular weight is 295 g/mol. The summed E-state index contributed by atoms with van der Waals surface area (Å²) in [7, 11) is 3.44. The van der Waals surface area contributed by atoms with Gasteiger partial charge in [-0.3, -0.25) is 4.79 Å². The number of rotatable bonds is 5. The molecule has 0 aromatic heterocycles. The Labute approximate surface area is 131 Å². The van der Waals surface area contributed by atoms with Crippen molar-refractivity contribution in [3.8, 4) is 5.75 Å². The number of nitrogens with zero attached hydrogens (tertiary/aromatic N) is 1. The smallest absolute Gasteiger partial charge is 0.246 e. The van der Waals surface area contributed by atoms with E-state index in [0.29, 0.717) is 6.54 Å². The summed E-state index contributed by atoms with van der Waals surface area (Å²) >= 11 is 0. The fourth-order valence-electron chi connectivity index (χ4n) is 2.06. The number of amides is 1. The molecule has 0 bridgehead atoms. The van der Waals surface area contributed by atoms with E-state index < -0.39 is 0 Å². The Balaban J connectivity index is 1.94. The SMILES string of the molecule is COc1ccc(CN(C)C(=O)/C=C/c2ccc(C)cc2)cc1. The van der Waals surface area contributed by atoms with Gasteiger partial charge in [0.05, 0.1) is 7.11 Å². The van der Waals surface area contributed by atoms with Gasteiger partial charge in [-0.2, -0.15) is 0 Å². The predicted octanol–water partition coefficient (Wildman–Crippen LogP) is 3.68. The second-order valence-corrected chi connectivity index (χ2v) is 5.29. The third-order valence-corrected chi connectivity index (χ3v) is 3.45. The second-order valence-electron chi connectivity index (χ2n) is 5.29. The van der Waals surface area contributed by atoms with Gasteiger partial charge in [0.2, 0.25) is 5.91 Å². The van der Waals surface area contributed by atoms with Crippen molar-refractivity contribution >= 4 is 12.0 Å². The minimum Gasteiger partial charge on any atom is -0.497 e. The van der Waals surface area contributed by atoms with Gasteiger partial charge in [0.25, 0.3) is 0 Å². The van der Waals surface area contributed by atoms with E-state index in [9.17, 15) is 4.79 Å². The Morgan fingerprint density at radius 1 is 1.09 bits per heavy atom. The third-order valence-electron chi connectivity index (χ3n) is 3.45. The molecule has 0 N–H and O–H groups in total. The van der Waals surface area contributed by atoms with Crippen LogP contribution < -0.4 is 4.74 Å². The van der Waals surface area contributed by atoms with E-state index in [4.69, 9.17) is 4.74 Å². The van der Waals surface area contributed by atoms with Crippen molar-refractivity contribution < 1.29 is 9.53 Å². The lowest BCUT2D eigenvalue weighted by Gasteiger charge is -2.15. The van der Waals surface area contributed by atoms with Crippen molar-refractivity contribution in [2.24, 2.45) is 0 Å². The molecule has 0 atom stereocenters. The lowest BCUT2D eigenvalue weighted by Crippen LogP contribution is -2.24. The molecule has 1 amide bonds. The highest BCUT2D eigenvalue weighted by molar-refractivity contribution is 5.91. The van der Waals surface area contributed by atoms with Gasteiger partial charge in [-0.05, 0) is 36.3 Å². The molecule has 0 radical (unpaired) electrons. The van der Waals surface area contributed by atoms with Crippen molar-refractivity contribution in [3.05, 3.63) is 71.3 Å². The summed E-state index contributed by atoms with van der Waals surface area (Å²) in [6.07, 6.45) is 3.44. The van der Waals surface area contributed by atoms with Crippen LogP contribution in [0.2, 0.25) is 0 Å². The van der Waals surface area contributed by atoms with E-state index in [1.807, 2.05) is 61.5 Å². The van der Waals surface area contributed by atoms with Crippen LogP contribution in [0.5, 0.6) is 5.75 Å². The van der Waals surface area contributed by atoms with E-state index >= 15 is 0 Å². The lowest BCUT2D eigenvalue weighted by atomic mass is 10.1. The minimum atomic E-state index is -0.0172. The molecule has 0 unspecified atom stereocenters. The van der Waals surface area contributed by atoms with Crippen LogP contribution in [0.15, 0.2) is 54.6 Å². The van der Waals surface area contributed by atoms with Gasteiger partial charge >= 0.3 is 0 Å². The number of benzene rings is 2. The topological polar surface area (TPSA) is 29.5 Å². The third kappa shape index (κ3) is 4.48. The standard InChI is InChI=1S/C19H21NO2/c1-15-4-6-16(7-5-15)10-13-19(21)20(2)14-17-8-11-18(22-3)12-9-17/h4-13H,14H2,1-3H3/b13-10+. The minimum absolute atomic E-state index is 0.0172. The molecule has 0 aliphatic rings. The molecule has 22 heavy (non-hydrogen) atoms. The molecule has 0 saturated carbocycles. The average Bonchev–Trinajstić information content (AvgIpc) is 2.54. The maximum Gasteiger partial charge on any atom is 0.246 e. The van der Waals surface area contributed by atoms with E-state index in [2.05, 4.69) is 0 Å². The summed E-state index contributed by atoms with van der Waals surface area (Å²) in [6.45, 7) is 2.61. The van der Waals surface area contributed by atoms with Gasteiger partial charge in [0.1, 0.15) is 5.75 Å². The van der Waals surface area contributed by atoms with E-state index in [1.54, 1.807) is 25.1 Å². The van der Waals surface area contributed by atoms with Crippen molar-refractivity contribution in [2.45, 2.75) is 13.5 Å². The number of methoxy groups -OCH3 is 1. The van der Waals surface area contributed by atoms with E-state index in [-0.39, 0.29) is 5.91 Å². The first-order chi connectivity index (χ1) is 10.6. The van der Waals surface area contributed by atoms with Crippen molar-refractivity contribution in [3.63, 3.8) is 0 Å². The van der Waals surface area contributed by atoms with Gasteiger partial charge in [0, 0.05) is 19.7 Å². The fraction of sp³-hybridized carbons (Fsp3) is 0.211. The Morgan fingerprint density at radius 3 is 2.32 bits per heavy atom. The van der Waals surface area contributed by atoms with Crippen molar-refractivity contribution in [1.82, 2.24) is 4.90 Å². The number of aryl methyl sites for hydroxylation is 1. The molecule has 3 heteroatoms. The molecule has 0 spiro atoms. The number of carbonyl (C=O) groups excluding carboxylic acids is 1. The van der Waals surface area contributed by atoms with Crippen LogP contribution in [0.1, 0.15) is 16.7 Å². The molecular formula is C19H21NO2. The van der Waals surface area contributed by atoms with Crippen LogP contribution in [0.25, 0.3) is 6.08 Å². The number of ether oxygens (including phenoxy) is 1. The van der Waals surface area contributed by atoms with Crippen LogP contribution in [0.4, 0.5) is 0 Å². The molecule has 2 rings (SSSR count). The van der Waals surface area contributed by atoms with Gasteiger partial charge in [-0.1, -0.05) is 42.0 Å². The van der Waals surface area contributed by atoms with Crippen LogP contribution in [0, 0.1) is 6.92 Å². The Morgan fingerprint density at radius 2 is 1.73 bits per heavy atom. The fourth-order valence-corrected chi connectivity index (χ4v) is 2.06. The van der Waals surface area contributed by atoms with E-state index in [0.717, 1.165) is 16.9 Å². The zero-order valence-corrected chi connectivity index (χ0v) is 13.2. The second kappa shape index (κ2) is 7.46. The molecule has 114 valence electrons. The lowest BCUT2D eigenvalue weighted by molar-refractivity contribution is -0.125. The molecule has 0 saturated heterocycles. The summed E-state index contributed by atoms with van der Waals surface area (Å²) in [4.78, 5) is 13.8. The summed E-state index contributed by atoms with van der Waals surface area (Å²) in [5.74, 6) is 0.799. The maximum atomic E-state index is 12.1. The number of carbonyl (C=O) groups is 1. The molecule has 0 fully saturated rings. The van der Waals surface area contributed by atoms with Crippen molar-refractivity contribution in [2.75, 3.05) is 14.2 Å². The molecule has 0 aliphatic carbocycles. The number of likely N-dealkylation sites (N-methyl/N-ethyl adjacent to an activating group) is 1. The highest BCUT2D eigenvalue weighted by Crippen LogP contribution is 2.13. The Hall–Kier alpha value is -2.55. The summed E-state index contributed by atoms with van der Waals surface area (Å²) in [6, 6.07) is 15.8. The molecular weight excluding hydrogens is 274 g/mol. The number of hydrogen-bond acceptors (Lipinski definition) is 2. The molecule has 0 aliphatic heterocycles. The first-order valence-corrected chi connectivity index (χ1v) is 7.21. The van der Waals surface area contributed by atoms with Gasteiger partial charge in [0.15, 0.2) is 0 Å². The van der Waals surface area contributed by atoms with Crippen LogP contribution >= 0.6 is 0 Å². The normalized spacial score (nSPS) is 10.7. The largest absolute Gasteiger partial charge is 0.497 e. The summed E-state index contributed by atoms with van der Waals surface area (Å²) < 4.78 is 5.13. The van der Waals surface area contributed by atoms with Crippen LogP contribution in [-0.2, 0) is 11.3 Å². The summed E-state index contributed by atoms with van der Waals surface area (Å²) in [5, 5.41) is 0. The van der Waals surface area contributed by atoms with Gasteiger partial charge in [-0.25, -0.2) is 0 Å². The van der Waals surface area contributed by atoms with Crippen molar-refractivity contribution in [1.29, 1.82) is 0 Å². The van der Waals surface area contributed by atoms with E-state index in [1.165, 1.54) is 5.56 Å².